The van der Waals surface area contributed by atoms with Gasteiger partial charge in [0.15, 0.2) is 16.6 Å². The largest absolute Gasteiger partial charge is 0.454 e. The predicted molar refractivity (Wildman–Crippen MR) is 121 cm³/mol. The van der Waals surface area contributed by atoms with Crippen molar-refractivity contribution in [3.05, 3.63) is 70.2 Å². The van der Waals surface area contributed by atoms with Crippen molar-refractivity contribution in [3.8, 4) is 11.5 Å². The molecule has 1 atom stereocenters. The zero-order chi connectivity index (χ0) is 21.9. The van der Waals surface area contributed by atoms with Crippen molar-refractivity contribution in [1.82, 2.24) is 10.3 Å². The molecule has 5 rings (SSSR count). The van der Waals surface area contributed by atoms with E-state index in [0.29, 0.717) is 28.7 Å². The Morgan fingerprint density at radius 1 is 1.09 bits per heavy atom. The molecule has 8 heteroatoms. The predicted octanol–water partition coefficient (Wildman–Crippen LogP) is 3.90. The number of hydrogen-bond donors (Lipinski definition) is 2. The minimum absolute atomic E-state index is 0.000767. The lowest BCUT2D eigenvalue weighted by Gasteiger charge is -2.20. The van der Waals surface area contributed by atoms with E-state index >= 15 is 0 Å². The normalized spacial score (nSPS) is 16.3. The highest BCUT2D eigenvalue weighted by Crippen LogP contribution is 2.37. The Labute approximate surface area is 189 Å². The summed E-state index contributed by atoms with van der Waals surface area (Å²) >= 11 is 1.45. The molecule has 164 valence electrons. The van der Waals surface area contributed by atoms with Gasteiger partial charge in [0.25, 0.3) is 5.91 Å². The number of rotatable bonds is 6. The molecule has 0 unspecified atom stereocenters. The van der Waals surface area contributed by atoms with E-state index in [9.17, 15) is 9.59 Å². The van der Waals surface area contributed by atoms with Crippen molar-refractivity contribution in [3.63, 3.8) is 0 Å². The minimum Gasteiger partial charge on any atom is -0.454 e. The molecule has 32 heavy (non-hydrogen) atoms. The molecule has 1 aliphatic carbocycles. The molecular formula is C24H23N3O4S. The van der Waals surface area contributed by atoms with Crippen LogP contribution in [0.5, 0.6) is 11.5 Å². The maximum atomic E-state index is 12.9. The molecule has 2 aromatic carbocycles. The van der Waals surface area contributed by atoms with Crippen molar-refractivity contribution in [2.45, 2.75) is 31.6 Å². The third-order valence-electron chi connectivity index (χ3n) is 5.68. The summed E-state index contributed by atoms with van der Waals surface area (Å²) in [4.78, 5) is 31.2. The SMILES string of the molecule is O=C(Nc1nc2c(s1)CCC[C@@H]2C(=O)NCCc1ccccc1)c1ccc2c(c1)OCO2. The van der Waals surface area contributed by atoms with Gasteiger partial charge in [-0.05, 0) is 49.4 Å². The number of fused-ring (bicyclic) bond motifs is 2. The van der Waals surface area contributed by atoms with Crippen LogP contribution in [0.25, 0.3) is 0 Å². The second-order valence-corrected chi connectivity index (χ2v) is 8.90. The van der Waals surface area contributed by atoms with E-state index in [0.717, 1.165) is 36.3 Å². The molecule has 0 saturated heterocycles. The number of carbonyl (C=O) groups excluding carboxylic acids is 2. The zero-order valence-electron chi connectivity index (χ0n) is 17.4. The Balaban J connectivity index is 1.24. The van der Waals surface area contributed by atoms with E-state index in [1.54, 1.807) is 18.2 Å². The van der Waals surface area contributed by atoms with Crippen molar-refractivity contribution in [1.29, 1.82) is 0 Å². The molecule has 0 radical (unpaired) electrons. The number of benzene rings is 2. The second-order valence-electron chi connectivity index (χ2n) is 7.82. The maximum Gasteiger partial charge on any atom is 0.257 e. The van der Waals surface area contributed by atoms with Crippen LogP contribution in [0.1, 0.15) is 45.3 Å². The van der Waals surface area contributed by atoms with Crippen molar-refractivity contribution in [2.24, 2.45) is 0 Å². The van der Waals surface area contributed by atoms with Crippen LogP contribution in [-0.4, -0.2) is 30.1 Å². The maximum absolute atomic E-state index is 12.9. The molecule has 3 aromatic rings. The summed E-state index contributed by atoms with van der Waals surface area (Å²) < 4.78 is 10.6. The highest BCUT2D eigenvalue weighted by molar-refractivity contribution is 7.16. The number of anilines is 1. The molecule has 7 nitrogen and oxygen atoms in total. The Hall–Kier alpha value is -3.39. The van der Waals surface area contributed by atoms with Gasteiger partial charge in [0.2, 0.25) is 12.7 Å². The fourth-order valence-electron chi connectivity index (χ4n) is 4.03. The lowest BCUT2D eigenvalue weighted by atomic mass is 9.90. The van der Waals surface area contributed by atoms with Gasteiger partial charge in [0, 0.05) is 17.0 Å². The minimum atomic E-state index is -0.276. The van der Waals surface area contributed by atoms with Gasteiger partial charge in [0.05, 0.1) is 11.6 Å². The first kappa shape index (κ1) is 20.5. The van der Waals surface area contributed by atoms with Crippen molar-refractivity contribution in [2.75, 3.05) is 18.7 Å². The second kappa shape index (κ2) is 9.00. The number of hydrogen-bond acceptors (Lipinski definition) is 6. The first-order valence-corrected chi connectivity index (χ1v) is 11.5. The summed E-state index contributed by atoms with van der Waals surface area (Å²) in [5.74, 6) is 0.650. The smallest absolute Gasteiger partial charge is 0.257 e. The van der Waals surface area contributed by atoms with Crippen LogP contribution in [-0.2, 0) is 17.6 Å². The fourth-order valence-corrected chi connectivity index (χ4v) is 5.09. The number of aromatic nitrogens is 1. The fraction of sp³-hybridized carbons (Fsp3) is 0.292. The summed E-state index contributed by atoms with van der Waals surface area (Å²) in [6, 6.07) is 15.2. The van der Waals surface area contributed by atoms with E-state index in [-0.39, 0.29) is 24.5 Å². The number of aryl methyl sites for hydroxylation is 1. The number of amides is 2. The van der Waals surface area contributed by atoms with Gasteiger partial charge in [-0.25, -0.2) is 4.98 Å². The molecule has 0 bridgehead atoms. The van der Waals surface area contributed by atoms with Gasteiger partial charge in [-0.15, -0.1) is 11.3 Å². The molecule has 2 amide bonds. The zero-order valence-corrected chi connectivity index (χ0v) is 18.2. The molecule has 0 saturated carbocycles. The molecule has 0 fully saturated rings. The first-order valence-electron chi connectivity index (χ1n) is 10.7. The van der Waals surface area contributed by atoms with Gasteiger partial charge >= 0.3 is 0 Å². The Kier molecular flexibility index (Phi) is 5.77. The molecular weight excluding hydrogens is 426 g/mol. The van der Waals surface area contributed by atoms with Crippen LogP contribution >= 0.6 is 11.3 Å². The van der Waals surface area contributed by atoms with E-state index in [1.165, 1.54) is 16.9 Å². The van der Waals surface area contributed by atoms with Gasteiger partial charge in [-0.1, -0.05) is 30.3 Å². The standard InChI is InChI=1S/C24H23N3O4S/c28-22(16-9-10-18-19(13-16)31-14-30-18)27-24-26-21-17(7-4-8-20(21)32-24)23(29)25-12-11-15-5-2-1-3-6-15/h1-3,5-6,9-10,13,17H,4,7-8,11-12,14H2,(H,25,29)(H,26,27,28)/t17-/m0/s1. The Morgan fingerprint density at radius 3 is 2.81 bits per heavy atom. The van der Waals surface area contributed by atoms with E-state index in [2.05, 4.69) is 27.8 Å². The molecule has 1 aromatic heterocycles. The molecule has 2 aliphatic rings. The lowest BCUT2D eigenvalue weighted by Crippen LogP contribution is -2.32. The van der Waals surface area contributed by atoms with Crippen molar-refractivity contribution >= 4 is 28.3 Å². The third kappa shape index (κ3) is 4.31. The van der Waals surface area contributed by atoms with Gasteiger partial charge in [-0.3, -0.25) is 14.9 Å². The number of carbonyl (C=O) groups is 2. The van der Waals surface area contributed by atoms with Gasteiger partial charge in [0.1, 0.15) is 0 Å². The average Bonchev–Trinajstić information content (AvgIpc) is 3.45. The van der Waals surface area contributed by atoms with Crippen LogP contribution in [0.2, 0.25) is 0 Å². The summed E-state index contributed by atoms with van der Waals surface area (Å²) in [5.41, 5.74) is 2.45. The number of nitrogens with one attached hydrogen (secondary N) is 2. The van der Waals surface area contributed by atoms with E-state index in [1.807, 2.05) is 18.2 Å². The lowest BCUT2D eigenvalue weighted by molar-refractivity contribution is -0.122. The molecule has 0 spiro atoms. The van der Waals surface area contributed by atoms with E-state index in [4.69, 9.17) is 9.47 Å². The molecule has 2 N–H and O–H groups in total. The van der Waals surface area contributed by atoms with Crippen LogP contribution in [0.4, 0.5) is 5.13 Å². The molecule has 1 aliphatic heterocycles. The highest BCUT2D eigenvalue weighted by atomic mass is 32.1. The van der Waals surface area contributed by atoms with Crippen LogP contribution < -0.4 is 20.1 Å². The Bertz CT molecular complexity index is 1150. The number of ether oxygens (including phenoxy) is 2. The van der Waals surface area contributed by atoms with Crippen LogP contribution in [0.3, 0.4) is 0 Å². The third-order valence-corrected chi connectivity index (χ3v) is 6.73. The van der Waals surface area contributed by atoms with Gasteiger partial charge in [-0.2, -0.15) is 0 Å². The topological polar surface area (TPSA) is 89.6 Å². The Morgan fingerprint density at radius 2 is 1.94 bits per heavy atom. The van der Waals surface area contributed by atoms with Crippen molar-refractivity contribution < 1.29 is 19.1 Å². The van der Waals surface area contributed by atoms with Crippen LogP contribution in [0.15, 0.2) is 48.5 Å². The highest BCUT2D eigenvalue weighted by Gasteiger charge is 2.30. The molecule has 2 heterocycles. The van der Waals surface area contributed by atoms with E-state index < -0.39 is 0 Å². The number of nitrogens with zero attached hydrogens (tertiary/aromatic N) is 1. The van der Waals surface area contributed by atoms with Crippen LogP contribution in [0, 0.1) is 0 Å². The summed E-state index contributed by atoms with van der Waals surface area (Å²) in [5, 5.41) is 6.44. The van der Waals surface area contributed by atoms with Gasteiger partial charge < -0.3 is 14.8 Å². The monoisotopic (exact) mass is 449 g/mol. The summed E-state index contributed by atoms with van der Waals surface area (Å²) in [6.45, 7) is 0.751. The number of thiazole rings is 1. The average molecular weight is 450 g/mol. The quantitative estimate of drug-likeness (QED) is 0.596. The first-order chi connectivity index (χ1) is 15.7. The summed E-state index contributed by atoms with van der Waals surface area (Å²) in [6.07, 6.45) is 3.37. The summed E-state index contributed by atoms with van der Waals surface area (Å²) in [7, 11) is 0.